The van der Waals surface area contributed by atoms with Gasteiger partial charge in [0.2, 0.25) is 5.82 Å². The van der Waals surface area contributed by atoms with Crippen molar-refractivity contribution in [2.75, 3.05) is 0 Å². The minimum Gasteiger partial charge on any atom is -0.505 e. The Bertz CT molecular complexity index is 1060. The second-order valence-electron chi connectivity index (χ2n) is 5.76. The molecule has 0 aliphatic heterocycles. The van der Waals surface area contributed by atoms with Gasteiger partial charge in [0.25, 0.3) is 5.91 Å². The van der Waals surface area contributed by atoms with Gasteiger partial charge < -0.3 is 10.4 Å². The lowest BCUT2D eigenvalue weighted by Crippen LogP contribution is -2.25. The van der Waals surface area contributed by atoms with Gasteiger partial charge in [-0.3, -0.25) is 4.79 Å². The molecule has 0 radical (unpaired) electrons. The van der Waals surface area contributed by atoms with Crippen molar-refractivity contribution in [1.82, 2.24) is 20.1 Å². The Morgan fingerprint density at radius 1 is 1.17 bits per heavy atom. The zero-order valence-corrected chi connectivity index (χ0v) is 15.6. The Morgan fingerprint density at radius 3 is 2.45 bits per heavy atom. The minimum atomic E-state index is -4.64. The molecule has 0 bridgehead atoms. The van der Waals surface area contributed by atoms with Crippen LogP contribution in [0.2, 0.25) is 10.0 Å². The first-order chi connectivity index (χ1) is 13.6. The molecule has 0 saturated carbocycles. The Morgan fingerprint density at radius 2 is 1.83 bits per heavy atom. The van der Waals surface area contributed by atoms with Crippen molar-refractivity contribution >= 4 is 29.1 Å². The fourth-order valence-corrected chi connectivity index (χ4v) is 2.79. The molecule has 0 unspecified atom stereocenters. The van der Waals surface area contributed by atoms with E-state index < -0.39 is 30.0 Å². The molecule has 0 atom stereocenters. The highest BCUT2D eigenvalue weighted by molar-refractivity contribution is 6.37. The highest BCUT2D eigenvalue weighted by atomic mass is 35.5. The summed E-state index contributed by atoms with van der Waals surface area (Å²) in [6.07, 6.45) is -3.47. The molecule has 3 rings (SSSR count). The Balaban J connectivity index is 1.75. The Labute approximate surface area is 170 Å². The molecule has 1 aromatic heterocycles. The maximum Gasteiger partial charge on any atom is 0.416 e. The maximum atomic E-state index is 13.7. The quantitative estimate of drug-likeness (QED) is 0.580. The molecular weight excluding hydrogens is 439 g/mol. The third kappa shape index (κ3) is 4.60. The fraction of sp³-hybridized carbons (Fsp3) is 0.118. The predicted octanol–water partition coefficient (Wildman–Crippen LogP) is 4.37. The lowest BCUT2D eigenvalue weighted by molar-refractivity contribution is -0.137. The van der Waals surface area contributed by atoms with Crippen LogP contribution >= 0.6 is 23.2 Å². The van der Waals surface area contributed by atoms with Gasteiger partial charge in [0.1, 0.15) is 12.1 Å². The molecule has 3 aromatic rings. The summed E-state index contributed by atoms with van der Waals surface area (Å²) < 4.78 is 53.1. The predicted molar refractivity (Wildman–Crippen MR) is 95.6 cm³/mol. The van der Waals surface area contributed by atoms with E-state index in [0.717, 1.165) is 4.68 Å². The normalized spacial score (nSPS) is 11.5. The van der Waals surface area contributed by atoms with Gasteiger partial charge >= 0.3 is 6.18 Å². The zero-order valence-electron chi connectivity index (χ0n) is 14.1. The summed E-state index contributed by atoms with van der Waals surface area (Å²) in [7, 11) is 0. The molecule has 0 aliphatic rings. The first-order valence-corrected chi connectivity index (χ1v) is 8.55. The van der Waals surface area contributed by atoms with Crippen LogP contribution in [0.3, 0.4) is 0 Å². The average molecular weight is 449 g/mol. The minimum absolute atomic E-state index is 0.0472. The molecule has 1 amide bonds. The number of nitrogens with zero attached hydrogens (tertiary/aromatic N) is 3. The SMILES string of the molecule is O=C(NCc1cc(C(F)(F)F)ccc1F)c1ncn(-c2cc(Cl)c(O)c(Cl)c2)n1. The molecule has 2 N–H and O–H groups in total. The number of hydrogen-bond acceptors (Lipinski definition) is 4. The van der Waals surface area contributed by atoms with E-state index in [-0.39, 0.29) is 27.2 Å². The van der Waals surface area contributed by atoms with Gasteiger partial charge in [-0.1, -0.05) is 23.2 Å². The highest BCUT2D eigenvalue weighted by Crippen LogP contribution is 2.33. The molecule has 0 aliphatic carbocycles. The number of nitrogens with one attached hydrogen (secondary N) is 1. The van der Waals surface area contributed by atoms with Gasteiger partial charge in [0.15, 0.2) is 5.75 Å². The smallest absolute Gasteiger partial charge is 0.416 e. The van der Waals surface area contributed by atoms with E-state index in [1.54, 1.807) is 0 Å². The molecule has 0 spiro atoms. The first kappa shape index (κ1) is 20.9. The molecule has 6 nitrogen and oxygen atoms in total. The summed E-state index contributed by atoms with van der Waals surface area (Å²) in [4.78, 5) is 15.9. The molecule has 0 saturated heterocycles. The van der Waals surface area contributed by atoms with Crippen LogP contribution in [0.5, 0.6) is 5.75 Å². The third-order valence-electron chi connectivity index (χ3n) is 3.77. The molecule has 12 heteroatoms. The Kier molecular flexibility index (Phi) is 5.67. The van der Waals surface area contributed by atoms with Crippen LogP contribution in [0, 0.1) is 5.82 Å². The highest BCUT2D eigenvalue weighted by Gasteiger charge is 2.31. The second-order valence-corrected chi connectivity index (χ2v) is 6.57. The Hall–Kier alpha value is -2.85. The number of aromatic nitrogens is 3. The van der Waals surface area contributed by atoms with Gasteiger partial charge in [0.05, 0.1) is 21.3 Å². The maximum absolute atomic E-state index is 13.7. The van der Waals surface area contributed by atoms with Gasteiger partial charge in [0, 0.05) is 12.1 Å². The first-order valence-electron chi connectivity index (χ1n) is 7.80. The van der Waals surface area contributed by atoms with E-state index in [0.29, 0.717) is 23.9 Å². The van der Waals surface area contributed by atoms with Crippen molar-refractivity contribution in [2.45, 2.75) is 12.7 Å². The topological polar surface area (TPSA) is 80.0 Å². The number of hydrogen-bond donors (Lipinski definition) is 2. The molecule has 2 aromatic carbocycles. The summed E-state index contributed by atoms with van der Waals surface area (Å²) in [6.45, 7) is -0.500. The van der Waals surface area contributed by atoms with Crippen LogP contribution in [-0.2, 0) is 12.7 Å². The van der Waals surface area contributed by atoms with Crippen molar-refractivity contribution < 1.29 is 27.5 Å². The summed E-state index contributed by atoms with van der Waals surface area (Å²) in [5.74, 6) is -2.38. The third-order valence-corrected chi connectivity index (χ3v) is 4.35. The molecule has 152 valence electrons. The second kappa shape index (κ2) is 7.88. The van der Waals surface area contributed by atoms with Gasteiger partial charge in [-0.25, -0.2) is 14.1 Å². The summed E-state index contributed by atoms with van der Waals surface area (Å²) >= 11 is 11.6. The number of amides is 1. The lowest BCUT2D eigenvalue weighted by Gasteiger charge is -2.10. The van der Waals surface area contributed by atoms with Crippen LogP contribution in [0.25, 0.3) is 5.69 Å². The van der Waals surface area contributed by atoms with Gasteiger partial charge in [-0.2, -0.15) is 13.2 Å². The monoisotopic (exact) mass is 448 g/mol. The van der Waals surface area contributed by atoms with E-state index in [2.05, 4.69) is 15.4 Å². The summed E-state index contributed by atoms with van der Waals surface area (Å²) in [5.41, 5.74) is -1.08. The standard InChI is InChI=1S/C17H10Cl2F4N4O2/c18-11-4-10(5-12(19)14(11)28)27-7-25-15(26-27)16(29)24-6-8-3-9(17(21,22)23)1-2-13(8)20/h1-5,7,28H,6H2,(H,24,29). The molecular formula is C17H10Cl2F4N4O2. The van der Waals surface area contributed by atoms with Crippen molar-refractivity contribution in [3.8, 4) is 11.4 Å². The number of carbonyl (C=O) groups is 1. The summed E-state index contributed by atoms with van der Waals surface area (Å²) in [6, 6.07) is 4.56. The van der Waals surface area contributed by atoms with Crippen LogP contribution in [0.15, 0.2) is 36.7 Å². The molecule has 0 fully saturated rings. The number of aromatic hydroxyl groups is 1. The van der Waals surface area contributed by atoms with Gasteiger partial charge in [-0.05, 0) is 30.3 Å². The zero-order chi connectivity index (χ0) is 21.3. The molecule has 29 heavy (non-hydrogen) atoms. The fourth-order valence-electron chi connectivity index (χ4n) is 2.32. The van der Waals surface area contributed by atoms with E-state index in [1.807, 2.05) is 0 Å². The largest absolute Gasteiger partial charge is 0.505 e. The number of benzene rings is 2. The van der Waals surface area contributed by atoms with Gasteiger partial charge in [-0.15, -0.1) is 5.10 Å². The van der Waals surface area contributed by atoms with Crippen LogP contribution < -0.4 is 5.32 Å². The van der Waals surface area contributed by atoms with Crippen LogP contribution in [0.1, 0.15) is 21.7 Å². The number of rotatable bonds is 4. The number of alkyl halides is 3. The van der Waals surface area contributed by atoms with Crippen molar-refractivity contribution in [3.63, 3.8) is 0 Å². The van der Waals surface area contributed by atoms with Crippen molar-refractivity contribution in [2.24, 2.45) is 0 Å². The summed E-state index contributed by atoms with van der Waals surface area (Å²) in [5, 5.41) is 15.6. The van der Waals surface area contributed by atoms with E-state index in [9.17, 15) is 27.5 Å². The van der Waals surface area contributed by atoms with E-state index in [1.165, 1.54) is 18.5 Å². The lowest BCUT2D eigenvalue weighted by atomic mass is 10.1. The average Bonchev–Trinajstić information content (AvgIpc) is 3.14. The number of phenolic OH excluding ortho intramolecular Hbond substituents is 1. The van der Waals surface area contributed by atoms with E-state index in [4.69, 9.17) is 23.2 Å². The van der Waals surface area contributed by atoms with Crippen molar-refractivity contribution in [1.29, 1.82) is 0 Å². The van der Waals surface area contributed by atoms with Crippen LogP contribution in [-0.4, -0.2) is 25.8 Å². The van der Waals surface area contributed by atoms with E-state index >= 15 is 0 Å². The molecule has 1 heterocycles. The van der Waals surface area contributed by atoms with Crippen molar-refractivity contribution in [3.05, 3.63) is 69.5 Å². The number of halogens is 6. The van der Waals surface area contributed by atoms with Crippen LogP contribution in [0.4, 0.5) is 17.6 Å². The number of phenols is 1. The number of carbonyl (C=O) groups excluding carboxylic acids is 1.